The molecule has 0 radical (unpaired) electrons. The summed E-state index contributed by atoms with van der Waals surface area (Å²) in [6.07, 6.45) is -1.64. The van der Waals surface area contributed by atoms with Crippen LogP contribution >= 0.6 is 0 Å². The van der Waals surface area contributed by atoms with Crippen LogP contribution in [0.1, 0.15) is 12.5 Å². The minimum Gasteiger partial charge on any atom is -0.453 e. The van der Waals surface area contributed by atoms with E-state index >= 15 is 0 Å². The molecule has 0 aliphatic carbocycles. The highest BCUT2D eigenvalue weighted by molar-refractivity contribution is 5.68. The van der Waals surface area contributed by atoms with Crippen molar-refractivity contribution in [3.8, 4) is 0 Å². The Labute approximate surface area is 135 Å². The van der Waals surface area contributed by atoms with Crippen molar-refractivity contribution < 1.29 is 23.8 Å². The van der Waals surface area contributed by atoms with Gasteiger partial charge in [0, 0.05) is 13.1 Å². The molecule has 1 amide bonds. The van der Waals surface area contributed by atoms with Crippen LogP contribution in [0.3, 0.4) is 0 Å². The maximum atomic E-state index is 11.7. The summed E-state index contributed by atoms with van der Waals surface area (Å²) in [6, 6.07) is 9.68. The highest BCUT2D eigenvalue weighted by atomic mass is 16.7. The van der Waals surface area contributed by atoms with Gasteiger partial charge >= 0.3 is 12.2 Å². The number of rotatable bonds is 5. The van der Waals surface area contributed by atoms with Gasteiger partial charge in [0.05, 0.1) is 26.3 Å². The third kappa shape index (κ3) is 4.85. The van der Waals surface area contributed by atoms with E-state index in [1.54, 1.807) is 6.92 Å². The van der Waals surface area contributed by atoms with Gasteiger partial charge in [0.15, 0.2) is 0 Å². The number of amides is 1. The fraction of sp³-hybridized carbons (Fsp3) is 0.500. The smallest absolute Gasteiger partial charge is 0.453 e. The Bertz CT molecular complexity index is 522. The zero-order chi connectivity index (χ0) is 16.7. The quantitative estimate of drug-likeness (QED) is 0.833. The number of nitrogens with zero attached hydrogens (tertiary/aromatic N) is 1. The number of hydrogen-bond donors (Lipinski definition) is 1. The van der Waals surface area contributed by atoms with Gasteiger partial charge in [0.2, 0.25) is 0 Å². The maximum Gasteiger partial charge on any atom is 0.508 e. The summed E-state index contributed by atoms with van der Waals surface area (Å²) in [5, 5.41) is 3.32. The second-order valence-corrected chi connectivity index (χ2v) is 5.19. The molecule has 1 N–H and O–H groups in total. The van der Waals surface area contributed by atoms with E-state index in [9.17, 15) is 9.59 Å². The Morgan fingerprint density at radius 3 is 2.65 bits per heavy atom. The van der Waals surface area contributed by atoms with E-state index in [1.165, 1.54) is 12.0 Å². The number of carbonyl (C=O) groups excluding carboxylic acids is 2. The second-order valence-electron chi connectivity index (χ2n) is 5.19. The van der Waals surface area contributed by atoms with Crippen LogP contribution < -0.4 is 5.32 Å². The monoisotopic (exact) mass is 322 g/mol. The second kappa shape index (κ2) is 8.38. The molecule has 0 saturated carbocycles. The molecule has 2 unspecified atom stereocenters. The average molecular weight is 322 g/mol. The van der Waals surface area contributed by atoms with Gasteiger partial charge in [-0.2, -0.15) is 0 Å². The number of nitrogens with one attached hydrogen (secondary N) is 1. The molecule has 1 aromatic carbocycles. The van der Waals surface area contributed by atoms with Gasteiger partial charge < -0.3 is 24.4 Å². The van der Waals surface area contributed by atoms with Crippen molar-refractivity contribution in [2.75, 3.05) is 26.8 Å². The lowest BCUT2D eigenvalue weighted by molar-refractivity contribution is 0.0217. The summed E-state index contributed by atoms with van der Waals surface area (Å²) >= 11 is 0. The van der Waals surface area contributed by atoms with E-state index < -0.39 is 18.4 Å². The van der Waals surface area contributed by atoms with Crippen LogP contribution in [0.4, 0.5) is 9.59 Å². The molecule has 1 heterocycles. The summed E-state index contributed by atoms with van der Waals surface area (Å²) in [7, 11) is 1.33. The van der Waals surface area contributed by atoms with E-state index in [0.29, 0.717) is 13.1 Å². The first-order valence-electron chi connectivity index (χ1n) is 7.57. The summed E-state index contributed by atoms with van der Waals surface area (Å²) in [4.78, 5) is 24.8. The fourth-order valence-corrected chi connectivity index (χ4v) is 2.49. The Morgan fingerprint density at radius 1 is 1.26 bits per heavy atom. The molecule has 1 fully saturated rings. The predicted molar refractivity (Wildman–Crippen MR) is 82.9 cm³/mol. The van der Waals surface area contributed by atoms with Gasteiger partial charge in [0.25, 0.3) is 0 Å². The van der Waals surface area contributed by atoms with Crippen LogP contribution in [-0.4, -0.2) is 56.1 Å². The molecule has 0 spiro atoms. The van der Waals surface area contributed by atoms with E-state index in [4.69, 9.17) is 14.2 Å². The standard InChI is InChI=1S/C16H22N2O5/c1-3-22-16(20)23-14-11-18(15(19)21-2)10-13(14)17-9-12-7-5-4-6-8-12/h4-8,13-14,17H,3,9-11H2,1-2H3. The number of hydrogen-bond acceptors (Lipinski definition) is 6. The molecule has 0 bridgehead atoms. The third-order valence-electron chi connectivity index (χ3n) is 3.62. The van der Waals surface area contributed by atoms with Gasteiger partial charge in [-0.1, -0.05) is 30.3 Å². The molecule has 126 valence electrons. The van der Waals surface area contributed by atoms with Gasteiger partial charge in [-0.05, 0) is 12.5 Å². The molecule has 1 aliphatic rings. The van der Waals surface area contributed by atoms with Crippen molar-refractivity contribution in [3.05, 3.63) is 35.9 Å². The first-order chi connectivity index (χ1) is 11.1. The molecule has 1 aromatic rings. The summed E-state index contributed by atoms with van der Waals surface area (Å²) in [5.41, 5.74) is 1.11. The van der Waals surface area contributed by atoms with Crippen molar-refractivity contribution in [2.45, 2.75) is 25.6 Å². The zero-order valence-electron chi connectivity index (χ0n) is 13.4. The molecule has 1 aliphatic heterocycles. The molecule has 1 saturated heterocycles. The number of ether oxygens (including phenoxy) is 3. The Kier molecular flexibility index (Phi) is 6.22. The number of carbonyl (C=O) groups is 2. The average Bonchev–Trinajstić information content (AvgIpc) is 2.96. The topological polar surface area (TPSA) is 77.1 Å². The van der Waals surface area contributed by atoms with Crippen molar-refractivity contribution in [3.63, 3.8) is 0 Å². The summed E-state index contributed by atoms with van der Waals surface area (Å²) < 4.78 is 14.9. The lowest BCUT2D eigenvalue weighted by Crippen LogP contribution is -2.41. The SMILES string of the molecule is CCOC(=O)OC1CN(C(=O)OC)CC1NCc1ccccc1. The van der Waals surface area contributed by atoms with Gasteiger partial charge in [-0.25, -0.2) is 9.59 Å². The zero-order valence-corrected chi connectivity index (χ0v) is 13.4. The number of benzene rings is 1. The molecule has 7 heteroatoms. The largest absolute Gasteiger partial charge is 0.508 e. The minimum absolute atomic E-state index is 0.182. The molecule has 23 heavy (non-hydrogen) atoms. The summed E-state index contributed by atoms with van der Waals surface area (Å²) in [6.45, 7) is 3.25. The van der Waals surface area contributed by atoms with Crippen molar-refractivity contribution in [1.82, 2.24) is 10.2 Å². The van der Waals surface area contributed by atoms with E-state index in [0.717, 1.165) is 5.56 Å². The van der Waals surface area contributed by atoms with Gasteiger partial charge in [0.1, 0.15) is 6.10 Å². The predicted octanol–water partition coefficient (Wildman–Crippen LogP) is 1.77. The maximum absolute atomic E-state index is 11.7. The third-order valence-corrected chi connectivity index (χ3v) is 3.62. The van der Waals surface area contributed by atoms with Crippen molar-refractivity contribution >= 4 is 12.2 Å². The van der Waals surface area contributed by atoms with E-state index in [-0.39, 0.29) is 19.2 Å². The van der Waals surface area contributed by atoms with Crippen LogP contribution in [0.2, 0.25) is 0 Å². The fourth-order valence-electron chi connectivity index (χ4n) is 2.49. The molecule has 7 nitrogen and oxygen atoms in total. The molecule has 2 atom stereocenters. The minimum atomic E-state index is -0.726. The van der Waals surface area contributed by atoms with Gasteiger partial charge in [-0.3, -0.25) is 0 Å². The van der Waals surface area contributed by atoms with Crippen LogP contribution in [0.25, 0.3) is 0 Å². The normalized spacial score (nSPS) is 20.2. The van der Waals surface area contributed by atoms with E-state index in [2.05, 4.69) is 5.32 Å². The Balaban J connectivity index is 1.97. The van der Waals surface area contributed by atoms with E-state index in [1.807, 2.05) is 30.3 Å². The molecular formula is C16H22N2O5. The number of likely N-dealkylation sites (tertiary alicyclic amines) is 1. The Hall–Kier alpha value is -2.28. The summed E-state index contributed by atoms with van der Waals surface area (Å²) in [5.74, 6) is 0. The Morgan fingerprint density at radius 2 is 2.00 bits per heavy atom. The first kappa shape index (κ1) is 17.1. The number of methoxy groups -OCH3 is 1. The molecule has 0 aromatic heterocycles. The van der Waals surface area contributed by atoms with Crippen LogP contribution in [0, 0.1) is 0 Å². The van der Waals surface area contributed by atoms with Crippen LogP contribution in [0.15, 0.2) is 30.3 Å². The van der Waals surface area contributed by atoms with Gasteiger partial charge in [-0.15, -0.1) is 0 Å². The lowest BCUT2D eigenvalue weighted by Gasteiger charge is -2.19. The first-order valence-corrected chi connectivity index (χ1v) is 7.57. The highest BCUT2D eigenvalue weighted by Crippen LogP contribution is 2.16. The van der Waals surface area contributed by atoms with Crippen LogP contribution in [0.5, 0.6) is 0 Å². The van der Waals surface area contributed by atoms with Crippen molar-refractivity contribution in [1.29, 1.82) is 0 Å². The molecular weight excluding hydrogens is 300 g/mol. The lowest BCUT2D eigenvalue weighted by atomic mass is 10.2. The highest BCUT2D eigenvalue weighted by Gasteiger charge is 2.38. The van der Waals surface area contributed by atoms with Crippen LogP contribution in [-0.2, 0) is 20.8 Å². The molecule has 2 rings (SSSR count). The van der Waals surface area contributed by atoms with Crippen molar-refractivity contribution in [2.24, 2.45) is 0 Å².